The van der Waals surface area contributed by atoms with Gasteiger partial charge in [-0.1, -0.05) is 11.6 Å². The van der Waals surface area contributed by atoms with E-state index in [0.717, 1.165) is 18.2 Å². The number of benzene rings is 2. The summed E-state index contributed by atoms with van der Waals surface area (Å²) >= 11 is 5.88. The van der Waals surface area contributed by atoms with Crippen molar-refractivity contribution < 1.29 is 41.3 Å². The van der Waals surface area contributed by atoms with Crippen LogP contribution in [-0.2, 0) is 15.7 Å². The number of nitrogens with zero attached hydrogens (tertiary/aromatic N) is 1. The Bertz CT molecular complexity index is 1350. The van der Waals surface area contributed by atoms with Crippen LogP contribution in [0, 0.1) is 12.7 Å². The van der Waals surface area contributed by atoms with Crippen molar-refractivity contribution in [3.05, 3.63) is 76.2 Å². The molecular weight excluding hydrogens is 532 g/mol. The fourth-order valence-electron chi connectivity index (χ4n) is 3.67. The van der Waals surface area contributed by atoms with Crippen molar-refractivity contribution in [2.45, 2.75) is 38.8 Å². The van der Waals surface area contributed by atoms with Crippen LogP contribution in [0.3, 0.4) is 0 Å². The molecule has 1 aliphatic rings. The lowest BCUT2D eigenvalue weighted by Crippen LogP contribution is -2.25. The quantitative estimate of drug-likeness (QED) is 0.325. The van der Waals surface area contributed by atoms with E-state index in [-0.39, 0.29) is 35.6 Å². The van der Waals surface area contributed by atoms with Crippen LogP contribution < -0.4 is 14.8 Å². The van der Waals surface area contributed by atoms with Crippen molar-refractivity contribution in [1.29, 1.82) is 0 Å². The van der Waals surface area contributed by atoms with Gasteiger partial charge in [0.2, 0.25) is 5.88 Å². The number of carbonyl (C=O) groups excluding carboxylic acids is 1. The third kappa shape index (κ3) is 6.72. The fourth-order valence-corrected chi connectivity index (χ4v) is 3.94. The highest BCUT2D eigenvalue weighted by Crippen LogP contribution is 2.40. The molecule has 1 N–H and O–H groups in total. The molecule has 0 saturated carbocycles. The van der Waals surface area contributed by atoms with Gasteiger partial charge in [-0.05, 0) is 62.7 Å². The molecule has 0 aliphatic carbocycles. The number of rotatable bonds is 7. The molecule has 1 aliphatic heterocycles. The Labute approximate surface area is 220 Å². The van der Waals surface area contributed by atoms with Gasteiger partial charge in [0, 0.05) is 18.0 Å². The largest absolute Gasteiger partial charge is 0.475 e. The number of anilines is 1. The molecule has 0 radical (unpaired) electrons. The number of carbonyl (C=O) groups is 1. The zero-order valence-corrected chi connectivity index (χ0v) is 21.2. The fraction of sp³-hybridized carbons (Fsp3) is 0.308. The van der Waals surface area contributed by atoms with Gasteiger partial charge in [0.1, 0.15) is 30.0 Å². The molecule has 7 nitrogen and oxygen atoms in total. The summed E-state index contributed by atoms with van der Waals surface area (Å²) in [5.41, 5.74) is -0.893. The topological polar surface area (TPSA) is 78.9 Å². The number of ether oxygens (including phenoxy) is 4. The molecule has 1 atom stereocenters. The molecule has 1 aromatic heterocycles. The van der Waals surface area contributed by atoms with Crippen molar-refractivity contribution in [3.63, 3.8) is 0 Å². The number of amides is 1. The molecule has 2 heterocycles. The van der Waals surface area contributed by atoms with Crippen LogP contribution in [0.4, 0.5) is 23.2 Å². The minimum Gasteiger partial charge on any atom is -0.475 e. The monoisotopic (exact) mass is 554 g/mol. The molecule has 1 saturated heterocycles. The Morgan fingerprint density at radius 2 is 1.95 bits per heavy atom. The van der Waals surface area contributed by atoms with Crippen molar-refractivity contribution in [3.8, 4) is 17.4 Å². The van der Waals surface area contributed by atoms with Crippen LogP contribution in [-0.4, -0.2) is 36.0 Å². The summed E-state index contributed by atoms with van der Waals surface area (Å²) in [4.78, 5) is 17.2. The Morgan fingerprint density at radius 1 is 1.18 bits per heavy atom. The number of aromatic nitrogens is 1. The Morgan fingerprint density at radius 3 is 2.61 bits per heavy atom. The van der Waals surface area contributed by atoms with Gasteiger partial charge >= 0.3 is 6.18 Å². The van der Waals surface area contributed by atoms with E-state index in [1.54, 1.807) is 13.8 Å². The molecule has 0 spiro atoms. The highest BCUT2D eigenvalue weighted by molar-refractivity contribution is 6.32. The number of hydrogen-bond donors (Lipinski definition) is 1. The first kappa shape index (κ1) is 27.6. The van der Waals surface area contributed by atoms with Gasteiger partial charge in [-0.3, -0.25) is 4.79 Å². The third-order valence-electron chi connectivity index (χ3n) is 5.45. The summed E-state index contributed by atoms with van der Waals surface area (Å²) in [5, 5.41) is 1.89. The summed E-state index contributed by atoms with van der Waals surface area (Å²) in [5.74, 6) is -2.24. The second-order valence-corrected chi connectivity index (χ2v) is 9.34. The Kier molecular flexibility index (Phi) is 7.82. The van der Waals surface area contributed by atoms with E-state index in [9.17, 15) is 22.4 Å². The van der Waals surface area contributed by atoms with E-state index in [1.807, 2.05) is 0 Å². The van der Waals surface area contributed by atoms with Crippen molar-refractivity contribution in [1.82, 2.24) is 4.98 Å². The van der Waals surface area contributed by atoms with Crippen molar-refractivity contribution in [2.75, 3.05) is 18.5 Å². The van der Waals surface area contributed by atoms with Crippen LogP contribution >= 0.6 is 11.6 Å². The number of halogens is 5. The first-order valence-electron chi connectivity index (χ1n) is 11.4. The minimum absolute atomic E-state index is 0.0665. The molecule has 2 aromatic carbocycles. The van der Waals surface area contributed by atoms with Crippen LogP contribution in [0.15, 0.2) is 48.7 Å². The Hall–Kier alpha value is -3.41. The standard InChI is InChI=1S/C26H23ClF4N2O5/c1-14-8-15(28)4-5-21(14)37-22-11-19(26(29,30)31)20(27)10-18(22)24(34)33-16-6-7-32-23(9-16)35-12-17-13-36-25(2,3)38-17/h4-11,17H,12-13H2,1-3H3,(H,32,33,34). The highest BCUT2D eigenvalue weighted by Gasteiger charge is 2.35. The van der Waals surface area contributed by atoms with Crippen LogP contribution in [0.5, 0.6) is 17.4 Å². The molecule has 3 aromatic rings. The molecule has 202 valence electrons. The molecule has 1 fully saturated rings. The number of pyridine rings is 1. The first-order valence-corrected chi connectivity index (χ1v) is 11.8. The van der Waals surface area contributed by atoms with Gasteiger partial charge < -0.3 is 24.3 Å². The van der Waals surface area contributed by atoms with Gasteiger partial charge in [-0.25, -0.2) is 9.37 Å². The zero-order chi connectivity index (χ0) is 27.7. The summed E-state index contributed by atoms with van der Waals surface area (Å²) in [6.07, 6.45) is -3.73. The van der Waals surface area contributed by atoms with Gasteiger partial charge in [0.15, 0.2) is 5.79 Å². The van der Waals surface area contributed by atoms with Gasteiger partial charge in [0.05, 0.1) is 22.8 Å². The van der Waals surface area contributed by atoms with E-state index in [4.69, 9.17) is 30.5 Å². The predicted octanol–water partition coefficient (Wildman–Crippen LogP) is 6.78. The number of alkyl halides is 3. The second-order valence-electron chi connectivity index (χ2n) is 8.94. The lowest BCUT2D eigenvalue weighted by molar-refractivity contribution is -0.141. The first-order chi connectivity index (χ1) is 17.8. The molecule has 12 heteroatoms. The van der Waals surface area contributed by atoms with Gasteiger partial charge in [-0.15, -0.1) is 0 Å². The van der Waals surface area contributed by atoms with Crippen LogP contribution in [0.1, 0.15) is 35.3 Å². The van der Waals surface area contributed by atoms with Crippen molar-refractivity contribution >= 4 is 23.2 Å². The van der Waals surface area contributed by atoms with E-state index in [1.165, 1.54) is 31.3 Å². The number of nitrogens with one attached hydrogen (secondary N) is 1. The van der Waals surface area contributed by atoms with E-state index >= 15 is 0 Å². The lowest BCUT2D eigenvalue weighted by Gasteiger charge is -2.17. The molecule has 38 heavy (non-hydrogen) atoms. The molecule has 4 rings (SSSR count). The normalized spacial score (nSPS) is 16.8. The maximum Gasteiger partial charge on any atom is 0.417 e. The van der Waals surface area contributed by atoms with Crippen LogP contribution in [0.2, 0.25) is 5.02 Å². The van der Waals surface area contributed by atoms with Gasteiger partial charge in [0.25, 0.3) is 5.91 Å². The zero-order valence-electron chi connectivity index (χ0n) is 20.5. The van der Waals surface area contributed by atoms with E-state index in [0.29, 0.717) is 18.2 Å². The summed E-state index contributed by atoms with van der Waals surface area (Å²) in [7, 11) is 0. The summed E-state index contributed by atoms with van der Waals surface area (Å²) in [6.45, 7) is 5.57. The lowest BCUT2D eigenvalue weighted by atomic mass is 10.1. The van der Waals surface area contributed by atoms with E-state index in [2.05, 4.69) is 10.3 Å². The smallest absolute Gasteiger partial charge is 0.417 e. The average Bonchev–Trinajstić information content (AvgIpc) is 3.18. The molecule has 1 amide bonds. The number of hydrogen-bond acceptors (Lipinski definition) is 6. The van der Waals surface area contributed by atoms with Crippen molar-refractivity contribution in [2.24, 2.45) is 0 Å². The maximum absolute atomic E-state index is 13.5. The Balaban J connectivity index is 1.57. The summed E-state index contributed by atoms with van der Waals surface area (Å²) in [6, 6.07) is 7.90. The molecule has 1 unspecified atom stereocenters. The predicted molar refractivity (Wildman–Crippen MR) is 130 cm³/mol. The average molecular weight is 555 g/mol. The van der Waals surface area contributed by atoms with Crippen LogP contribution in [0.25, 0.3) is 0 Å². The summed E-state index contributed by atoms with van der Waals surface area (Å²) < 4.78 is 76.5. The number of aryl methyl sites for hydroxylation is 1. The van der Waals surface area contributed by atoms with Gasteiger partial charge in [-0.2, -0.15) is 13.2 Å². The SMILES string of the molecule is Cc1cc(F)ccc1Oc1cc(C(F)(F)F)c(Cl)cc1C(=O)Nc1ccnc(OCC2COC(C)(C)O2)c1. The van der Waals surface area contributed by atoms with E-state index < -0.39 is 40.0 Å². The maximum atomic E-state index is 13.5. The third-order valence-corrected chi connectivity index (χ3v) is 5.77. The molecule has 0 bridgehead atoms. The second kappa shape index (κ2) is 10.8. The minimum atomic E-state index is -4.80. The highest BCUT2D eigenvalue weighted by atomic mass is 35.5. The molecular formula is C26H23ClF4N2O5.